The van der Waals surface area contributed by atoms with Crippen LogP contribution in [0, 0.1) is 0 Å². The van der Waals surface area contributed by atoms with Crippen LogP contribution in [-0.4, -0.2) is 4.98 Å². The Kier molecular flexibility index (Phi) is 4.97. The molecule has 1 heterocycles. The zero-order valence-electron chi connectivity index (χ0n) is 11.3. The lowest BCUT2D eigenvalue weighted by atomic mass is 9.98. The van der Waals surface area contributed by atoms with E-state index in [1.807, 2.05) is 24.3 Å². The highest BCUT2D eigenvalue weighted by Gasteiger charge is 2.09. The summed E-state index contributed by atoms with van der Waals surface area (Å²) in [6.07, 6.45) is 2.90. The van der Waals surface area contributed by atoms with E-state index in [1.54, 1.807) is 6.20 Å². The summed E-state index contributed by atoms with van der Waals surface area (Å²) in [5.74, 6) is 1.47. The molecule has 0 bridgehead atoms. The summed E-state index contributed by atoms with van der Waals surface area (Å²) in [7, 11) is 0. The normalized spacial score (nSPS) is 12.2. The standard InChI is InChI=1S/C16H18BrNO/c1-3-12(2)15-6-4-5-7-16(15)19-11-14-9-8-13(17)10-18-14/h4-10,12H,3,11H2,1-2H3. The summed E-state index contributed by atoms with van der Waals surface area (Å²) in [6.45, 7) is 4.92. The van der Waals surface area contributed by atoms with Crippen LogP contribution in [0.1, 0.15) is 37.4 Å². The van der Waals surface area contributed by atoms with Crippen molar-refractivity contribution in [3.63, 3.8) is 0 Å². The third-order valence-corrected chi connectivity index (χ3v) is 3.70. The van der Waals surface area contributed by atoms with Gasteiger partial charge in [-0.25, -0.2) is 0 Å². The lowest BCUT2D eigenvalue weighted by Gasteiger charge is -2.15. The topological polar surface area (TPSA) is 22.1 Å². The fourth-order valence-corrected chi connectivity index (χ4v) is 2.12. The van der Waals surface area contributed by atoms with E-state index in [4.69, 9.17) is 4.74 Å². The van der Waals surface area contributed by atoms with Gasteiger partial charge in [0.25, 0.3) is 0 Å². The molecule has 1 aromatic carbocycles. The molecular weight excluding hydrogens is 302 g/mol. The first-order chi connectivity index (χ1) is 9.20. The predicted molar refractivity (Wildman–Crippen MR) is 81.4 cm³/mol. The van der Waals surface area contributed by atoms with Crippen LogP contribution in [0.5, 0.6) is 5.75 Å². The molecule has 0 aliphatic rings. The average molecular weight is 320 g/mol. The van der Waals surface area contributed by atoms with Crippen molar-refractivity contribution in [1.29, 1.82) is 0 Å². The molecule has 0 aliphatic heterocycles. The lowest BCUT2D eigenvalue weighted by Crippen LogP contribution is -2.02. The first-order valence-electron chi connectivity index (χ1n) is 6.53. The Balaban J connectivity index is 2.09. The molecule has 2 nitrogen and oxygen atoms in total. The minimum Gasteiger partial charge on any atom is -0.487 e. The Hall–Kier alpha value is -1.35. The van der Waals surface area contributed by atoms with Gasteiger partial charge in [-0.3, -0.25) is 4.98 Å². The zero-order chi connectivity index (χ0) is 13.7. The Morgan fingerprint density at radius 3 is 2.68 bits per heavy atom. The molecular formula is C16H18BrNO. The van der Waals surface area contributed by atoms with E-state index in [9.17, 15) is 0 Å². The van der Waals surface area contributed by atoms with Crippen LogP contribution in [0.4, 0.5) is 0 Å². The van der Waals surface area contributed by atoms with Crippen molar-refractivity contribution >= 4 is 15.9 Å². The Morgan fingerprint density at radius 1 is 1.21 bits per heavy atom. The summed E-state index contributed by atoms with van der Waals surface area (Å²) in [4.78, 5) is 4.32. The fraction of sp³-hybridized carbons (Fsp3) is 0.312. The zero-order valence-corrected chi connectivity index (χ0v) is 12.9. The van der Waals surface area contributed by atoms with Gasteiger partial charge in [0.2, 0.25) is 0 Å². The molecule has 1 unspecified atom stereocenters. The SMILES string of the molecule is CCC(C)c1ccccc1OCc1ccc(Br)cn1. The first-order valence-corrected chi connectivity index (χ1v) is 7.32. The largest absolute Gasteiger partial charge is 0.487 e. The number of para-hydroxylation sites is 1. The van der Waals surface area contributed by atoms with Crippen molar-refractivity contribution in [2.45, 2.75) is 32.8 Å². The quantitative estimate of drug-likeness (QED) is 0.779. The molecule has 0 amide bonds. The lowest BCUT2D eigenvalue weighted by molar-refractivity contribution is 0.296. The number of nitrogens with zero attached hydrogens (tertiary/aromatic N) is 1. The highest BCUT2D eigenvalue weighted by atomic mass is 79.9. The van der Waals surface area contributed by atoms with Gasteiger partial charge in [-0.05, 0) is 52.0 Å². The van der Waals surface area contributed by atoms with Crippen molar-refractivity contribution in [1.82, 2.24) is 4.98 Å². The molecule has 0 spiro atoms. The van der Waals surface area contributed by atoms with Gasteiger partial charge >= 0.3 is 0 Å². The van der Waals surface area contributed by atoms with Crippen LogP contribution in [-0.2, 0) is 6.61 Å². The number of aromatic nitrogens is 1. The van der Waals surface area contributed by atoms with Crippen LogP contribution >= 0.6 is 15.9 Å². The predicted octanol–water partition coefficient (Wildman–Crippen LogP) is 4.94. The van der Waals surface area contributed by atoms with Crippen molar-refractivity contribution in [3.8, 4) is 5.75 Å². The summed E-state index contributed by atoms with van der Waals surface area (Å²) in [6, 6.07) is 12.2. The van der Waals surface area contributed by atoms with Gasteiger partial charge in [0.15, 0.2) is 0 Å². The number of rotatable bonds is 5. The molecule has 1 atom stereocenters. The number of halogens is 1. The maximum Gasteiger partial charge on any atom is 0.130 e. The van der Waals surface area contributed by atoms with Crippen molar-refractivity contribution in [3.05, 3.63) is 58.3 Å². The van der Waals surface area contributed by atoms with Crippen molar-refractivity contribution < 1.29 is 4.74 Å². The fourth-order valence-electron chi connectivity index (χ4n) is 1.88. The Labute approximate surface area is 123 Å². The summed E-state index contributed by atoms with van der Waals surface area (Å²) in [5, 5.41) is 0. The van der Waals surface area contributed by atoms with E-state index in [-0.39, 0.29) is 0 Å². The molecule has 0 aliphatic carbocycles. The van der Waals surface area contributed by atoms with Crippen molar-refractivity contribution in [2.75, 3.05) is 0 Å². The van der Waals surface area contributed by atoms with Gasteiger partial charge in [0.05, 0.1) is 5.69 Å². The van der Waals surface area contributed by atoms with Crippen molar-refractivity contribution in [2.24, 2.45) is 0 Å². The number of benzene rings is 1. The average Bonchev–Trinajstić information content (AvgIpc) is 2.46. The van der Waals surface area contributed by atoms with Gasteiger partial charge in [0.1, 0.15) is 12.4 Å². The molecule has 1 aromatic heterocycles. The van der Waals surface area contributed by atoms with E-state index in [0.717, 1.165) is 22.3 Å². The number of ether oxygens (including phenoxy) is 1. The Bertz CT molecular complexity index is 525. The molecule has 3 heteroatoms. The summed E-state index contributed by atoms with van der Waals surface area (Å²) < 4.78 is 6.89. The van der Waals surface area contributed by atoms with E-state index in [0.29, 0.717) is 12.5 Å². The van der Waals surface area contributed by atoms with Crippen LogP contribution < -0.4 is 4.74 Å². The molecule has 0 N–H and O–H groups in total. The molecule has 19 heavy (non-hydrogen) atoms. The minimum atomic E-state index is 0.501. The van der Waals surface area contributed by atoms with Gasteiger partial charge < -0.3 is 4.74 Å². The molecule has 2 rings (SSSR count). The second-order valence-corrected chi connectivity index (χ2v) is 5.52. The molecule has 0 saturated carbocycles. The van der Waals surface area contributed by atoms with Gasteiger partial charge in [-0.2, -0.15) is 0 Å². The third kappa shape index (κ3) is 3.80. The third-order valence-electron chi connectivity index (χ3n) is 3.23. The summed E-state index contributed by atoms with van der Waals surface area (Å²) in [5.41, 5.74) is 2.20. The van der Waals surface area contributed by atoms with Crippen LogP contribution in [0.15, 0.2) is 47.1 Å². The van der Waals surface area contributed by atoms with Crippen LogP contribution in [0.2, 0.25) is 0 Å². The molecule has 0 radical (unpaired) electrons. The maximum atomic E-state index is 5.91. The van der Waals surface area contributed by atoms with E-state index < -0.39 is 0 Å². The van der Waals surface area contributed by atoms with E-state index in [2.05, 4.69) is 46.9 Å². The summed E-state index contributed by atoms with van der Waals surface area (Å²) >= 11 is 3.38. The molecule has 0 fully saturated rings. The Morgan fingerprint density at radius 2 is 2.00 bits per heavy atom. The van der Waals surface area contributed by atoms with Crippen LogP contribution in [0.25, 0.3) is 0 Å². The van der Waals surface area contributed by atoms with E-state index in [1.165, 1.54) is 5.56 Å². The highest BCUT2D eigenvalue weighted by molar-refractivity contribution is 9.10. The molecule has 100 valence electrons. The monoisotopic (exact) mass is 319 g/mol. The number of hydrogen-bond acceptors (Lipinski definition) is 2. The second kappa shape index (κ2) is 6.71. The maximum absolute atomic E-state index is 5.91. The second-order valence-electron chi connectivity index (χ2n) is 4.60. The van der Waals surface area contributed by atoms with E-state index >= 15 is 0 Å². The van der Waals surface area contributed by atoms with Gasteiger partial charge in [-0.1, -0.05) is 32.0 Å². The minimum absolute atomic E-state index is 0.501. The smallest absolute Gasteiger partial charge is 0.130 e. The van der Waals surface area contributed by atoms with Gasteiger partial charge in [-0.15, -0.1) is 0 Å². The number of pyridine rings is 1. The van der Waals surface area contributed by atoms with Gasteiger partial charge in [0, 0.05) is 10.7 Å². The molecule has 2 aromatic rings. The first kappa shape index (κ1) is 14.1. The number of hydrogen-bond donors (Lipinski definition) is 0. The van der Waals surface area contributed by atoms with Crippen LogP contribution in [0.3, 0.4) is 0 Å². The highest BCUT2D eigenvalue weighted by Crippen LogP contribution is 2.28. The molecule has 0 saturated heterocycles.